The number of carbonyl (C=O) groups excluding carboxylic acids is 1. The van der Waals surface area contributed by atoms with E-state index in [0.29, 0.717) is 19.7 Å². The van der Waals surface area contributed by atoms with Crippen molar-refractivity contribution in [3.8, 4) is 0 Å². The highest BCUT2D eigenvalue weighted by molar-refractivity contribution is 5.68. The lowest BCUT2D eigenvalue weighted by Gasteiger charge is -2.24. The summed E-state index contributed by atoms with van der Waals surface area (Å²) in [5, 5.41) is 0. The van der Waals surface area contributed by atoms with Gasteiger partial charge in [-0.1, -0.05) is 30.3 Å². The van der Waals surface area contributed by atoms with Crippen LogP contribution in [-0.2, 0) is 16.1 Å². The van der Waals surface area contributed by atoms with Gasteiger partial charge in [0, 0.05) is 19.1 Å². The normalized spacial score (nSPS) is 28.0. The highest BCUT2D eigenvalue weighted by atomic mass is 16.6. The molecule has 1 saturated carbocycles. The van der Waals surface area contributed by atoms with Crippen molar-refractivity contribution in [2.45, 2.75) is 50.5 Å². The second-order valence-electron chi connectivity index (χ2n) is 6.18. The fourth-order valence-corrected chi connectivity index (χ4v) is 3.15. The van der Waals surface area contributed by atoms with Crippen LogP contribution in [0, 0.1) is 0 Å². The molecule has 1 heterocycles. The molecular formula is C17H24N2O3. The number of amides is 1. The second-order valence-corrected chi connectivity index (χ2v) is 6.18. The summed E-state index contributed by atoms with van der Waals surface area (Å²) in [6.45, 7) is 1.86. The predicted octanol–water partition coefficient (Wildman–Crippen LogP) is 2.29. The van der Waals surface area contributed by atoms with E-state index >= 15 is 0 Å². The molecular weight excluding hydrogens is 280 g/mol. The van der Waals surface area contributed by atoms with Crippen molar-refractivity contribution in [3.63, 3.8) is 0 Å². The molecule has 2 fully saturated rings. The largest absolute Gasteiger partial charge is 0.443 e. The van der Waals surface area contributed by atoms with Crippen LogP contribution >= 0.6 is 0 Å². The lowest BCUT2D eigenvalue weighted by molar-refractivity contribution is -0.0413. The highest BCUT2D eigenvalue weighted by Gasteiger charge is 2.34. The Labute approximate surface area is 131 Å². The molecule has 1 saturated heterocycles. The van der Waals surface area contributed by atoms with Gasteiger partial charge < -0.3 is 20.1 Å². The fraction of sp³-hybridized carbons (Fsp3) is 0.588. The van der Waals surface area contributed by atoms with E-state index in [1.54, 1.807) is 4.90 Å². The first-order valence-electron chi connectivity index (χ1n) is 8.09. The Hall–Kier alpha value is -1.59. The van der Waals surface area contributed by atoms with Gasteiger partial charge in [-0.15, -0.1) is 0 Å². The van der Waals surface area contributed by atoms with Crippen LogP contribution in [0.5, 0.6) is 0 Å². The number of carbonyl (C=O) groups is 1. The number of likely N-dealkylation sites (tertiary alicyclic amines) is 1. The molecule has 22 heavy (non-hydrogen) atoms. The van der Waals surface area contributed by atoms with Crippen molar-refractivity contribution in [1.29, 1.82) is 0 Å². The van der Waals surface area contributed by atoms with Gasteiger partial charge in [0.05, 0.1) is 12.7 Å². The third kappa shape index (κ3) is 3.78. The summed E-state index contributed by atoms with van der Waals surface area (Å²) in [4.78, 5) is 13.9. The predicted molar refractivity (Wildman–Crippen MR) is 83.3 cm³/mol. The average molecular weight is 304 g/mol. The Bertz CT molecular complexity index is 494. The van der Waals surface area contributed by atoms with Crippen LogP contribution in [0.25, 0.3) is 0 Å². The van der Waals surface area contributed by atoms with Gasteiger partial charge in [0.25, 0.3) is 0 Å². The fourth-order valence-electron chi connectivity index (χ4n) is 3.15. The molecule has 1 amide bonds. The quantitative estimate of drug-likeness (QED) is 0.927. The summed E-state index contributed by atoms with van der Waals surface area (Å²) >= 11 is 0. The summed E-state index contributed by atoms with van der Waals surface area (Å²) in [5.74, 6) is 0. The van der Waals surface area contributed by atoms with Crippen LogP contribution in [0.15, 0.2) is 30.3 Å². The molecule has 5 heteroatoms. The minimum atomic E-state index is -0.242. The number of hydrogen-bond donors (Lipinski definition) is 1. The first kappa shape index (κ1) is 15.3. The number of hydrogen-bond acceptors (Lipinski definition) is 4. The zero-order chi connectivity index (χ0) is 15.4. The molecule has 1 aromatic rings. The zero-order valence-corrected chi connectivity index (χ0v) is 12.8. The van der Waals surface area contributed by atoms with Crippen molar-refractivity contribution in [2.75, 3.05) is 13.1 Å². The maximum Gasteiger partial charge on any atom is 0.410 e. The van der Waals surface area contributed by atoms with Crippen molar-refractivity contribution in [3.05, 3.63) is 35.9 Å². The molecule has 0 aromatic heterocycles. The molecule has 1 aliphatic heterocycles. The van der Waals surface area contributed by atoms with E-state index < -0.39 is 0 Å². The van der Waals surface area contributed by atoms with E-state index in [1.165, 1.54) is 0 Å². The molecule has 2 aliphatic rings. The molecule has 5 nitrogen and oxygen atoms in total. The first-order valence-corrected chi connectivity index (χ1v) is 8.09. The van der Waals surface area contributed by atoms with Crippen LogP contribution in [0.1, 0.15) is 31.2 Å². The van der Waals surface area contributed by atoms with Crippen LogP contribution in [0.2, 0.25) is 0 Å². The summed E-state index contributed by atoms with van der Waals surface area (Å²) in [7, 11) is 0. The number of nitrogens with two attached hydrogens (primary N) is 1. The number of benzene rings is 1. The van der Waals surface area contributed by atoms with Gasteiger partial charge in [-0.2, -0.15) is 0 Å². The van der Waals surface area contributed by atoms with Gasteiger partial charge >= 0.3 is 6.09 Å². The molecule has 1 aliphatic carbocycles. The van der Waals surface area contributed by atoms with Crippen molar-refractivity contribution in [2.24, 2.45) is 5.73 Å². The monoisotopic (exact) mass is 304 g/mol. The summed E-state index contributed by atoms with van der Waals surface area (Å²) in [6.07, 6.45) is 3.35. The third-order valence-electron chi connectivity index (χ3n) is 4.43. The van der Waals surface area contributed by atoms with Gasteiger partial charge in [0.15, 0.2) is 0 Å². The van der Waals surface area contributed by atoms with Gasteiger partial charge in [-0.3, -0.25) is 0 Å². The van der Waals surface area contributed by atoms with E-state index in [-0.39, 0.29) is 24.3 Å². The van der Waals surface area contributed by atoms with Crippen LogP contribution < -0.4 is 5.73 Å². The van der Waals surface area contributed by atoms with Gasteiger partial charge in [0.1, 0.15) is 6.10 Å². The SMILES string of the molecule is N[C@@H]1CCN(C(=O)O[C@H]2CCC[C@@H]2OCc2ccccc2)C1. The zero-order valence-electron chi connectivity index (χ0n) is 12.8. The van der Waals surface area contributed by atoms with Crippen molar-refractivity contribution < 1.29 is 14.3 Å². The van der Waals surface area contributed by atoms with Crippen LogP contribution in [-0.4, -0.2) is 42.3 Å². The van der Waals surface area contributed by atoms with E-state index in [1.807, 2.05) is 30.3 Å². The van der Waals surface area contributed by atoms with Crippen LogP contribution in [0.3, 0.4) is 0 Å². The molecule has 1 aromatic carbocycles. The smallest absolute Gasteiger partial charge is 0.410 e. The molecule has 3 atom stereocenters. The van der Waals surface area contributed by atoms with E-state index in [9.17, 15) is 4.79 Å². The Morgan fingerprint density at radius 1 is 1.18 bits per heavy atom. The molecule has 0 unspecified atom stereocenters. The Morgan fingerprint density at radius 3 is 2.68 bits per heavy atom. The lowest BCUT2D eigenvalue weighted by atomic mass is 10.2. The van der Waals surface area contributed by atoms with Crippen molar-refractivity contribution in [1.82, 2.24) is 4.90 Å². The average Bonchev–Trinajstić information content (AvgIpc) is 3.15. The van der Waals surface area contributed by atoms with Gasteiger partial charge in [0.2, 0.25) is 0 Å². The molecule has 0 radical (unpaired) electrons. The summed E-state index contributed by atoms with van der Waals surface area (Å²) < 4.78 is 11.6. The van der Waals surface area contributed by atoms with Gasteiger partial charge in [-0.25, -0.2) is 4.79 Å². The summed E-state index contributed by atoms with van der Waals surface area (Å²) in [5.41, 5.74) is 6.98. The molecule has 0 spiro atoms. The van der Waals surface area contributed by atoms with Crippen molar-refractivity contribution >= 4 is 6.09 Å². The first-order chi connectivity index (χ1) is 10.7. The standard InChI is InChI=1S/C17H24N2O3/c18-14-9-10-19(11-14)17(20)22-16-8-4-7-15(16)21-12-13-5-2-1-3-6-13/h1-3,5-6,14-16H,4,7-12,18H2/t14-,15+,16+/m1/s1. The Balaban J connectivity index is 1.49. The number of ether oxygens (including phenoxy) is 2. The molecule has 120 valence electrons. The number of nitrogens with zero attached hydrogens (tertiary/aromatic N) is 1. The molecule has 0 bridgehead atoms. The maximum absolute atomic E-state index is 12.2. The topological polar surface area (TPSA) is 64.8 Å². The maximum atomic E-state index is 12.2. The van der Waals surface area contributed by atoms with E-state index in [4.69, 9.17) is 15.2 Å². The van der Waals surface area contributed by atoms with Crippen LogP contribution in [0.4, 0.5) is 4.79 Å². The second kappa shape index (κ2) is 7.11. The third-order valence-corrected chi connectivity index (χ3v) is 4.43. The minimum absolute atomic E-state index is 0.000401. The Kier molecular flexibility index (Phi) is 4.95. The highest BCUT2D eigenvalue weighted by Crippen LogP contribution is 2.27. The van der Waals surface area contributed by atoms with E-state index in [2.05, 4.69) is 0 Å². The van der Waals surface area contributed by atoms with Gasteiger partial charge in [-0.05, 0) is 31.2 Å². The summed E-state index contributed by atoms with van der Waals surface area (Å²) in [6, 6.07) is 10.2. The van der Waals surface area contributed by atoms with E-state index in [0.717, 1.165) is 31.2 Å². The Morgan fingerprint density at radius 2 is 1.95 bits per heavy atom. The minimum Gasteiger partial charge on any atom is -0.443 e. The lowest BCUT2D eigenvalue weighted by Crippen LogP contribution is -2.37. The molecule has 2 N–H and O–H groups in total. The molecule has 3 rings (SSSR count). The number of rotatable bonds is 4.